The van der Waals surface area contributed by atoms with Gasteiger partial charge < -0.3 is 4.42 Å². The van der Waals surface area contributed by atoms with Crippen molar-refractivity contribution in [3.05, 3.63) is 75.5 Å². The van der Waals surface area contributed by atoms with Gasteiger partial charge in [-0.1, -0.05) is 28.1 Å². The predicted molar refractivity (Wildman–Crippen MR) is 94.3 cm³/mol. The SMILES string of the molecule is Fc1c(F)c(C(F)(F)F)c(F)c(F)c1N/N=C\c1ccc(-c2ccc(Br)cc2)o1. The van der Waals surface area contributed by atoms with Crippen molar-refractivity contribution in [2.75, 3.05) is 5.43 Å². The zero-order valence-corrected chi connectivity index (χ0v) is 15.5. The fourth-order valence-corrected chi connectivity index (χ4v) is 2.60. The zero-order chi connectivity index (χ0) is 21.3. The Balaban J connectivity index is 1.83. The maximum absolute atomic E-state index is 13.8. The van der Waals surface area contributed by atoms with Gasteiger partial charge in [-0.3, -0.25) is 5.43 Å². The van der Waals surface area contributed by atoms with Gasteiger partial charge in [-0.25, -0.2) is 17.6 Å². The van der Waals surface area contributed by atoms with E-state index in [4.69, 9.17) is 4.42 Å². The molecule has 1 heterocycles. The van der Waals surface area contributed by atoms with Crippen molar-refractivity contribution in [2.24, 2.45) is 5.10 Å². The third kappa shape index (κ3) is 4.29. The second-order valence-electron chi connectivity index (χ2n) is 5.58. The molecule has 0 amide bonds. The van der Waals surface area contributed by atoms with Crippen LogP contribution in [0, 0.1) is 23.3 Å². The Morgan fingerprint density at radius 2 is 1.45 bits per heavy atom. The summed E-state index contributed by atoms with van der Waals surface area (Å²) >= 11 is 3.28. The average Bonchev–Trinajstić information content (AvgIpc) is 3.11. The highest BCUT2D eigenvalue weighted by Gasteiger charge is 2.42. The minimum Gasteiger partial charge on any atom is -0.455 e. The van der Waals surface area contributed by atoms with Gasteiger partial charge in [-0.15, -0.1) is 0 Å². The largest absolute Gasteiger partial charge is 0.455 e. The second-order valence-corrected chi connectivity index (χ2v) is 6.50. The normalized spacial score (nSPS) is 12.0. The molecule has 11 heteroatoms. The number of alkyl halides is 3. The number of nitrogens with one attached hydrogen (secondary N) is 1. The number of nitrogens with zero attached hydrogens (tertiary/aromatic N) is 1. The van der Waals surface area contributed by atoms with Crippen LogP contribution in [0.2, 0.25) is 0 Å². The lowest BCUT2D eigenvalue weighted by atomic mass is 10.1. The van der Waals surface area contributed by atoms with Gasteiger partial charge in [0, 0.05) is 10.0 Å². The van der Waals surface area contributed by atoms with Crippen molar-refractivity contribution in [1.82, 2.24) is 0 Å². The fourth-order valence-electron chi connectivity index (χ4n) is 2.33. The molecule has 0 spiro atoms. The fraction of sp³-hybridized carbons (Fsp3) is 0.0556. The molecular formula is C18H8BrF7N2O. The Hall–Kier alpha value is -2.82. The highest BCUT2D eigenvalue weighted by molar-refractivity contribution is 9.10. The van der Waals surface area contributed by atoms with Crippen molar-refractivity contribution < 1.29 is 35.2 Å². The molecule has 152 valence electrons. The molecule has 0 radical (unpaired) electrons. The molecule has 0 unspecified atom stereocenters. The number of hydrogen-bond donors (Lipinski definition) is 1. The van der Waals surface area contributed by atoms with E-state index in [1.807, 2.05) is 0 Å². The minimum atomic E-state index is -5.62. The number of hydrogen-bond acceptors (Lipinski definition) is 3. The quantitative estimate of drug-likeness (QED) is 0.194. The highest BCUT2D eigenvalue weighted by Crippen LogP contribution is 2.38. The highest BCUT2D eigenvalue weighted by atomic mass is 79.9. The van der Waals surface area contributed by atoms with Crippen LogP contribution in [0.25, 0.3) is 11.3 Å². The number of benzene rings is 2. The Morgan fingerprint density at radius 3 is 2.00 bits per heavy atom. The van der Waals surface area contributed by atoms with Crippen LogP contribution < -0.4 is 5.43 Å². The maximum atomic E-state index is 13.8. The van der Waals surface area contributed by atoms with Gasteiger partial charge in [0.2, 0.25) is 0 Å². The zero-order valence-electron chi connectivity index (χ0n) is 13.9. The number of anilines is 1. The third-order valence-corrected chi connectivity index (χ3v) is 4.20. The summed E-state index contributed by atoms with van der Waals surface area (Å²) in [6.07, 6.45) is -4.69. The summed E-state index contributed by atoms with van der Waals surface area (Å²) < 4.78 is 98.6. The summed E-state index contributed by atoms with van der Waals surface area (Å²) in [5.74, 6) is -9.15. The Bertz CT molecular complexity index is 1050. The van der Waals surface area contributed by atoms with E-state index in [1.54, 1.807) is 35.8 Å². The van der Waals surface area contributed by atoms with E-state index >= 15 is 0 Å². The Kier molecular flexibility index (Phi) is 5.69. The Labute approximate surface area is 167 Å². The molecule has 0 fully saturated rings. The molecule has 3 nitrogen and oxygen atoms in total. The van der Waals surface area contributed by atoms with Crippen molar-refractivity contribution >= 4 is 27.8 Å². The van der Waals surface area contributed by atoms with Crippen LogP contribution >= 0.6 is 15.9 Å². The second kappa shape index (κ2) is 7.90. The lowest BCUT2D eigenvalue weighted by molar-refractivity contribution is -0.143. The number of furan rings is 1. The number of rotatable bonds is 4. The van der Waals surface area contributed by atoms with Crippen molar-refractivity contribution in [3.8, 4) is 11.3 Å². The van der Waals surface area contributed by atoms with E-state index in [9.17, 15) is 30.7 Å². The molecule has 3 aromatic rings. The first-order valence-corrected chi connectivity index (χ1v) is 8.47. The summed E-state index contributed by atoms with van der Waals surface area (Å²) in [6, 6.07) is 10.1. The van der Waals surface area contributed by atoms with Gasteiger partial charge in [0.1, 0.15) is 22.8 Å². The molecule has 0 atom stereocenters. The monoisotopic (exact) mass is 480 g/mol. The maximum Gasteiger partial charge on any atom is 0.422 e. The third-order valence-electron chi connectivity index (χ3n) is 3.67. The van der Waals surface area contributed by atoms with E-state index in [2.05, 4.69) is 21.0 Å². The van der Waals surface area contributed by atoms with Crippen LogP contribution in [0.5, 0.6) is 0 Å². The van der Waals surface area contributed by atoms with Gasteiger partial charge in [0.05, 0.1) is 6.21 Å². The standard InChI is InChI=1S/C18H8BrF7N2O/c19-9-3-1-8(2-4-9)11-6-5-10(29-11)7-27-28-17-15(22)13(20)12(18(24,25)26)14(21)16(17)23/h1-7,28H/b27-7-. The Morgan fingerprint density at radius 1 is 0.862 bits per heavy atom. The van der Waals surface area contributed by atoms with Gasteiger partial charge in [0.25, 0.3) is 0 Å². The van der Waals surface area contributed by atoms with Crippen LogP contribution in [-0.2, 0) is 6.18 Å². The molecule has 0 saturated heterocycles. The van der Waals surface area contributed by atoms with Crippen LogP contribution in [0.3, 0.4) is 0 Å². The number of hydrazone groups is 1. The van der Waals surface area contributed by atoms with Gasteiger partial charge >= 0.3 is 6.18 Å². The van der Waals surface area contributed by atoms with E-state index in [0.717, 1.165) is 10.7 Å². The molecule has 29 heavy (non-hydrogen) atoms. The van der Waals surface area contributed by atoms with E-state index in [-0.39, 0.29) is 5.76 Å². The molecule has 0 aliphatic carbocycles. The van der Waals surface area contributed by atoms with E-state index < -0.39 is 40.7 Å². The van der Waals surface area contributed by atoms with Crippen LogP contribution in [-0.4, -0.2) is 6.21 Å². The lowest BCUT2D eigenvalue weighted by Gasteiger charge is -2.13. The van der Waals surface area contributed by atoms with Gasteiger partial charge in [0.15, 0.2) is 23.3 Å². The van der Waals surface area contributed by atoms with Gasteiger partial charge in [-0.2, -0.15) is 18.3 Å². The molecule has 1 aromatic heterocycles. The lowest BCUT2D eigenvalue weighted by Crippen LogP contribution is -2.16. The van der Waals surface area contributed by atoms with E-state index in [1.165, 1.54) is 6.07 Å². The van der Waals surface area contributed by atoms with Crippen molar-refractivity contribution in [2.45, 2.75) is 6.18 Å². The number of halogens is 8. The summed E-state index contributed by atoms with van der Waals surface area (Å²) in [5.41, 5.74) is -1.81. The molecule has 0 saturated carbocycles. The molecule has 0 aliphatic rings. The van der Waals surface area contributed by atoms with E-state index in [0.29, 0.717) is 11.3 Å². The van der Waals surface area contributed by atoms with Crippen LogP contribution in [0.15, 0.2) is 50.4 Å². The molecule has 0 bridgehead atoms. The average molecular weight is 481 g/mol. The molecular weight excluding hydrogens is 473 g/mol. The topological polar surface area (TPSA) is 37.5 Å². The predicted octanol–water partition coefficient (Wildman–Crippen LogP) is 6.73. The summed E-state index contributed by atoms with van der Waals surface area (Å²) in [5, 5.41) is 3.36. The molecule has 3 rings (SSSR count). The summed E-state index contributed by atoms with van der Waals surface area (Å²) in [4.78, 5) is 0. The first kappa shape index (κ1) is 20.9. The molecule has 2 aromatic carbocycles. The van der Waals surface area contributed by atoms with Crippen LogP contribution in [0.4, 0.5) is 36.4 Å². The van der Waals surface area contributed by atoms with Crippen LogP contribution in [0.1, 0.15) is 11.3 Å². The first-order valence-electron chi connectivity index (χ1n) is 7.67. The molecule has 0 aliphatic heterocycles. The van der Waals surface area contributed by atoms with Crippen molar-refractivity contribution in [3.63, 3.8) is 0 Å². The molecule has 1 N–H and O–H groups in total. The first-order chi connectivity index (χ1) is 13.6. The van der Waals surface area contributed by atoms with Gasteiger partial charge in [-0.05, 0) is 24.3 Å². The minimum absolute atomic E-state index is 0.101. The smallest absolute Gasteiger partial charge is 0.422 e. The summed E-state index contributed by atoms with van der Waals surface area (Å²) in [6.45, 7) is 0. The summed E-state index contributed by atoms with van der Waals surface area (Å²) in [7, 11) is 0. The van der Waals surface area contributed by atoms with Crippen molar-refractivity contribution in [1.29, 1.82) is 0 Å².